The van der Waals surface area contributed by atoms with Crippen LogP contribution in [0.4, 0.5) is 0 Å². The molecule has 0 bridgehead atoms. The van der Waals surface area contributed by atoms with Gasteiger partial charge in [0.2, 0.25) is 0 Å². The number of nitrogens with zero attached hydrogens (tertiary/aromatic N) is 3. The van der Waals surface area contributed by atoms with Gasteiger partial charge in [0.15, 0.2) is 0 Å². The zero-order valence-corrected chi connectivity index (χ0v) is 10.4. The van der Waals surface area contributed by atoms with Gasteiger partial charge in [-0.15, -0.1) is 5.10 Å². The average Bonchev–Trinajstić information content (AvgIpc) is 2.73. The molecule has 0 aromatic carbocycles. The van der Waals surface area contributed by atoms with Gasteiger partial charge in [0.1, 0.15) is 0 Å². The zero-order chi connectivity index (χ0) is 12.0. The summed E-state index contributed by atoms with van der Waals surface area (Å²) in [4.78, 5) is 0. The lowest BCUT2D eigenvalue weighted by Crippen LogP contribution is -2.30. The smallest absolute Gasteiger partial charge is 0.0780 e. The van der Waals surface area contributed by atoms with Gasteiger partial charge in [-0.3, -0.25) is 0 Å². The quantitative estimate of drug-likeness (QED) is 0.765. The summed E-state index contributed by atoms with van der Waals surface area (Å²) in [5.41, 5.74) is 7.15. The molecule has 0 spiro atoms. The number of rotatable bonds is 7. The van der Waals surface area contributed by atoms with Crippen LogP contribution < -0.4 is 5.73 Å². The van der Waals surface area contributed by atoms with E-state index in [2.05, 4.69) is 24.2 Å². The molecular weight excluding hydrogens is 204 g/mol. The Morgan fingerprint density at radius 1 is 1.44 bits per heavy atom. The molecule has 0 radical (unpaired) electrons. The van der Waals surface area contributed by atoms with E-state index in [1.165, 1.54) is 0 Å². The summed E-state index contributed by atoms with van der Waals surface area (Å²) in [6, 6.07) is -0.147. The maximum atomic E-state index is 6.19. The van der Waals surface area contributed by atoms with Crippen LogP contribution in [0, 0.1) is 0 Å². The molecule has 2 atom stereocenters. The molecule has 0 aliphatic carbocycles. The first-order valence-electron chi connectivity index (χ1n) is 5.91. The molecule has 1 aromatic heterocycles. The molecule has 0 aliphatic rings. The average molecular weight is 226 g/mol. The molecule has 0 amide bonds. The zero-order valence-electron chi connectivity index (χ0n) is 10.4. The summed E-state index contributed by atoms with van der Waals surface area (Å²) in [6.45, 7) is 5.09. The fourth-order valence-corrected chi connectivity index (χ4v) is 1.83. The molecular formula is C11H22N4O. The van der Waals surface area contributed by atoms with E-state index in [0.717, 1.165) is 31.5 Å². The van der Waals surface area contributed by atoms with Gasteiger partial charge in [0.05, 0.1) is 24.0 Å². The van der Waals surface area contributed by atoms with E-state index in [1.54, 1.807) is 13.3 Å². The van der Waals surface area contributed by atoms with E-state index in [9.17, 15) is 0 Å². The predicted molar refractivity (Wildman–Crippen MR) is 62.9 cm³/mol. The van der Waals surface area contributed by atoms with E-state index in [0.29, 0.717) is 0 Å². The monoisotopic (exact) mass is 226 g/mol. The van der Waals surface area contributed by atoms with Crippen molar-refractivity contribution in [3.8, 4) is 0 Å². The summed E-state index contributed by atoms with van der Waals surface area (Å²) in [5.74, 6) is 0. The number of aryl methyl sites for hydroxylation is 1. The Bertz CT molecular complexity index is 300. The maximum absolute atomic E-state index is 6.19. The van der Waals surface area contributed by atoms with Crippen LogP contribution >= 0.6 is 0 Å². The second-order valence-electron chi connectivity index (χ2n) is 3.97. The minimum atomic E-state index is -0.147. The van der Waals surface area contributed by atoms with Crippen molar-refractivity contribution in [2.75, 3.05) is 7.11 Å². The highest BCUT2D eigenvalue weighted by Gasteiger charge is 2.22. The summed E-state index contributed by atoms with van der Waals surface area (Å²) >= 11 is 0. The van der Waals surface area contributed by atoms with Crippen LogP contribution in [-0.4, -0.2) is 28.2 Å². The highest BCUT2D eigenvalue weighted by molar-refractivity contribution is 5.04. The van der Waals surface area contributed by atoms with Gasteiger partial charge in [-0.1, -0.05) is 25.5 Å². The van der Waals surface area contributed by atoms with Crippen molar-refractivity contribution in [2.24, 2.45) is 5.73 Å². The Morgan fingerprint density at radius 2 is 2.19 bits per heavy atom. The first kappa shape index (κ1) is 13.1. The van der Waals surface area contributed by atoms with Crippen LogP contribution in [0.15, 0.2) is 6.20 Å². The Balaban J connectivity index is 2.76. The standard InChI is InChI=1S/C11H22N4O/c1-4-6-10(16-3)11(12)9-8-13-14-15(9)7-5-2/h8,10-11H,4-7,12H2,1-3H3. The van der Waals surface area contributed by atoms with Crippen molar-refractivity contribution >= 4 is 0 Å². The highest BCUT2D eigenvalue weighted by Crippen LogP contribution is 2.19. The van der Waals surface area contributed by atoms with Crippen molar-refractivity contribution in [2.45, 2.75) is 51.8 Å². The first-order chi connectivity index (χ1) is 7.74. The molecule has 1 heterocycles. The Labute approximate surface area is 97.0 Å². The van der Waals surface area contributed by atoms with Gasteiger partial charge in [0, 0.05) is 13.7 Å². The lowest BCUT2D eigenvalue weighted by Gasteiger charge is -2.22. The predicted octanol–water partition coefficient (Wildman–Crippen LogP) is 1.50. The fraction of sp³-hybridized carbons (Fsp3) is 0.818. The van der Waals surface area contributed by atoms with E-state index in [-0.39, 0.29) is 12.1 Å². The van der Waals surface area contributed by atoms with E-state index >= 15 is 0 Å². The molecule has 0 aliphatic heterocycles. The Hall–Kier alpha value is -0.940. The highest BCUT2D eigenvalue weighted by atomic mass is 16.5. The van der Waals surface area contributed by atoms with Gasteiger partial charge in [-0.25, -0.2) is 4.68 Å². The van der Waals surface area contributed by atoms with Gasteiger partial charge in [-0.05, 0) is 12.8 Å². The van der Waals surface area contributed by atoms with Crippen molar-refractivity contribution in [1.29, 1.82) is 0 Å². The molecule has 16 heavy (non-hydrogen) atoms. The number of ether oxygens (including phenoxy) is 1. The second-order valence-corrected chi connectivity index (χ2v) is 3.97. The maximum Gasteiger partial charge on any atom is 0.0780 e. The molecule has 5 nitrogen and oxygen atoms in total. The molecule has 0 saturated carbocycles. The SMILES string of the molecule is CCCC(OC)C(N)c1cnnn1CCC. The van der Waals surface area contributed by atoms with Gasteiger partial charge < -0.3 is 10.5 Å². The van der Waals surface area contributed by atoms with Gasteiger partial charge in [-0.2, -0.15) is 0 Å². The summed E-state index contributed by atoms with van der Waals surface area (Å²) < 4.78 is 7.28. The Morgan fingerprint density at radius 3 is 2.75 bits per heavy atom. The molecule has 92 valence electrons. The molecule has 5 heteroatoms. The number of nitrogens with two attached hydrogens (primary N) is 1. The minimum absolute atomic E-state index is 0.0408. The topological polar surface area (TPSA) is 66.0 Å². The third-order valence-electron chi connectivity index (χ3n) is 2.70. The third kappa shape index (κ3) is 3.02. The number of hydrogen-bond donors (Lipinski definition) is 1. The van der Waals surface area contributed by atoms with E-state index in [1.807, 2.05) is 4.68 Å². The van der Waals surface area contributed by atoms with Crippen molar-refractivity contribution < 1.29 is 4.74 Å². The minimum Gasteiger partial charge on any atom is -0.379 e. The molecule has 1 aromatic rings. The molecule has 2 unspecified atom stereocenters. The van der Waals surface area contributed by atoms with Crippen LogP contribution in [-0.2, 0) is 11.3 Å². The summed E-state index contributed by atoms with van der Waals surface area (Å²) in [7, 11) is 1.70. The fourth-order valence-electron chi connectivity index (χ4n) is 1.83. The van der Waals surface area contributed by atoms with Crippen molar-refractivity contribution in [1.82, 2.24) is 15.0 Å². The molecule has 0 fully saturated rings. The Kier molecular flexibility index (Phi) is 5.42. The molecule has 0 saturated heterocycles. The van der Waals surface area contributed by atoms with E-state index in [4.69, 9.17) is 10.5 Å². The van der Waals surface area contributed by atoms with Crippen LogP contribution in [0.5, 0.6) is 0 Å². The largest absolute Gasteiger partial charge is 0.379 e. The van der Waals surface area contributed by atoms with Gasteiger partial charge in [0.25, 0.3) is 0 Å². The number of aromatic nitrogens is 3. The lowest BCUT2D eigenvalue weighted by molar-refractivity contribution is 0.0699. The van der Waals surface area contributed by atoms with Crippen LogP contribution in [0.25, 0.3) is 0 Å². The molecule has 2 N–H and O–H groups in total. The lowest BCUT2D eigenvalue weighted by atomic mass is 10.0. The van der Waals surface area contributed by atoms with Crippen molar-refractivity contribution in [3.63, 3.8) is 0 Å². The second kappa shape index (κ2) is 6.60. The normalized spacial score (nSPS) is 15.0. The third-order valence-corrected chi connectivity index (χ3v) is 2.70. The van der Waals surface area contributed by atoms with Crippen LogP contribution in [0.1, 0.15) is 44.8 Å². The van der Waals surface area contributed by atoms with Crippen LogP contribution in [0.3, 0.4) is 0 Å². The molecule has 1 rings (SSSR count). The number of hydrogen-bond acceptors (Lipinski definition) is 4. The summed E-state index contributed by atoms with van der Waals surface area (Å²) in [5, 5.41) is 7.95. The first-order valence-corrected chi connectivity index (χ1v) is 5.91. The van der Waals surface area contributed by atoms with Crippen LogP contribution in [0.2, 0.25) is 0 Å². The van der Waals surface area contributed by atoms with E-state index < -0.39 is 0 Å². The van der Waals surface area contributed by atoms with Crippen molar-refractivity contribution in [3.05, 3.63) is 11.9 Å². The van der Waals surface area contributed by atoms with Gasteiger partial charge >= 0.3 is 0 Å². The summed E-state index contributed by atoms with van der Waals surface area (Å²) in [6.07, 6.45) is 4.81. The number of methoxy groups -OCH3 is 1.